The first-order chi connectivity index (χ1) is 12.4. The molecule has 0 aromatic rings. The summed E-state index contributed by atoms with van der Waals surface area (Å²) in [4.78, 5) is 38.9. The van der Waals surface area contributed by atoms with Crippen molar-refractivity contribution >= 4 is 49.1 Å². The maximum absolute atomic E-state index is 10.1. The molecule has 1 saturated heterocycles. The zero-order chi connectivity index (χ0) is 22.0. The van der Waals surface area contributed by atoms with Crippen LogP contribution < -0.4 is 22.5 Å². The summed E-state index contributed by atoms with van der Waals surface area (Å²) in [5.41, 5.74) is 14.5. The van der Waals surface area contributed by atoms with Crippen LogP contribution in [0.3, 0.4) is 0 Å². The van der Waals surface area contributed by atoms with Gasteiger partial charge in [0, 0.05) is 11.5 Å². The number of nitrogens with one attached hydrogen (secondary N) is 1. The molecular weight excluding hydrogens is 404 g/mol. The molecule has 12 nitrogen and oxygen atoms in total. The third-order valence-corrected chi connectivity index (χ3v) is 3.35. The summed E-state index contributed by atoms with van der Waals surface area (Å²) in [6.45, 7) is 0.580. The second kappa shape index (κ2) is 19.2. The van der Waals surface area contributed by atoms with Crippen LogP contribution in [0.5, 0.6) is 0 Å². The monoisotopic (exact) mass is 432 g/mol. The first-order valence-corrected chi connectivity index (χ1v) is 8.77. The van der Waals surface area contributed by atoms with Gasteiger partial charge in [-0.3, -0.25) is 19.2 Å². The Bertz CT molecular complexity index is 430. The van der Waals surface area contributed by atoms with E-state index in [2.05, 4.69) is 36.3 Å². The van der Waals surface area contributed by atoms with Gasteiger partial charge in [-0.15, -0.1) is 0 Å². The minimum Gasteiger partial charge on any atom is -0.480 e. The molecule has 1 heterocycles. The number of thiol groups is 2. The lowest BCUT2D eigenvalue weighted by Gasteiger charge is -1.99. The zero-order valence-corrected chi connectivity index (χ0v) is 16.3. The molecule has 11 N–H and O–H groups in total. The second-order valence-electron chi connectivity index (χ2n) is 4.84. The molecule has 160 valence electrons. The molecule has 1 fully saturated rings. The molecule has 3 atom stereocenters. The SMILES string of the molecule is NCC(=O)O.N[C@@H](CS)C(=O)O.N[C@@H](CS)C(=O)O.O=C(O)[C@@H]1CCCN1. The van der Waals surface area contributed by atoms with Crippen LogP contribution in [0.1, 0.15) is 12.8 Å². The van der Waals surface area contributed by atoms with Crippen molar-refractivity contribution in [1.29, 1.82) is 0 Å². The van der Waals surface area contributed by atoms with E-state index in [1.54, 1.807) is 0 Å². The summed E-state index contributed by atoms with van der Waals surface area (Å²) >= 11 is 7.30. The van der Waals surface area contributed by atoms with Gasteiger partial charge >= 0.3 is 23.9 Å². The molecule has 0 aromatic heterocycles. The van der Waals surface area contributed by atoms with Crippen LogP contribution in [0, 0.1) is 0 Å². The van der Waals surface area contributed by atoms with Gasteiger partial charge in [-0.05, 0) is 19.4 Å². The summed E-state index contributed by atoms with van der Waals surface area (Å²) in [5.74, 6) is -3.32. The molecule has 1 aliphatic rings. The maximum atomic E-state index is 10.1. The number of carbonyl (C=O) groups is 4. The Kier molecular flexibility index (Phi) is 21.4. The predicted octanol–water partition coefficient (Wildman–Crippen LogP) is -2.49. The molecule has 27 heavy (non-hydrogen) atoms. The van der Waals surface area contributed by atoms with E-state index in [9.17, 15) is 19.2 Å². The van der Waals surface area contributed by atoms with Crippen LogP contribution in [-0.2, 0) is 19.2 Å². The smallest absolute Gasteiger partial charge is 0.321 e. The maximum Gasteiger partial charge on any atom is 0.321 e. The Morgan fingerprint density at radius 1 is 0.963 bits per heavy atom. The van der Waals surface area contributed by atoms with Gasteiger partial charge in [-0.2, -0.15) is 25.3 Å². The third kappa shape index (κ3) is 22.4. The van der Waals surface area contributed by atoms with Crippen LogP contribution in [-0.4, -0.2) is 87.0 Å². The Morgan fingerprint density at radius 2 is 1.33 bits per heavy atom. The topological polar surface area (TPSA) is 239 Å². The van der Waals surface area contributed by atoms with Gasteiger partial charge in [0.15, 0.2) is 0 Å². The summed E-state index contributed by atoms with van der Waals surface area (Å²) < 4.78 is 0. The van der Waals surface area contributed by atoms with E-state index in [0.717, 1.165) is 19.4 Å². The van der Waals surface area contributed by atoms with Gasteiger partial charge in [-0.1, -0.05) is 0 Å². The number of carboxylic acids is 4. The first-order valence-electron chi connectivity index (χ1n) is 7.50. The van der Waals surface area contributed by atoms with Crippen molar-refractivity contribution in [1.82, 2.24) is 5.32 Å². The van der Waals surface area contributed by atoms with Crippen LogP contribution in [0.25, 0.3) is 0 Å². The van der Waals surface area contributed by atoms with Gasteiger partial charge in [0.25, 0.3) is 0 Å². The number of hydrogen-bond donors (Lipinski definition) is 10. The molecule has 0 saturated carbocycles. The van der Waals surface area contributed by atoms with Gasteiger partial charge in [0.1, 0.15) is 18.1 Å². The van der Waals surface area contributed by atoms with E-state index in [1.165, 1.54) is 0 Å². The van der Waals surface area contributed by atoms with Crippen LogP contribution >= 0.6 is 25.3 Å². The Labute approximate surface area is 167 Å². The number of rotatable bonds is 6. The molecule has 0 aliphatic carbocycles. The fourth-order valence-corrected chi connectivity index (χ4v) is 1.36. The van der Waals surface area contributed by atoms with E-state index in [4.69, 9.17) is 31.9 Å². The average molecular weight is 433 g/mol. The summed E-state index contributed by atoms with van der Waals surface area (Å²) in [6, 6.07) is -1.90. The van der Waals surface area contributed by atoms with Crippen LogP contribution in [0.4, 0.5) is 0 Å². The van der Waals surface area contributed by atoms with Gasteiger partial charge < -0.3 is 42.9 Å². The quantitative estimate of drug-likeness (QED) is 0.196. The minimum atomic E-state index is -1.00. The Balaban J connectivity index is -0.000000289. The summed E-state index contributed by atoms with van der Waals surface area (Å²) in [5, 5.41) is 34.8. The van der Waals surface area contributed by atoms with E-state index < -0.39 is 36.0 Å². The van der Waals surface area contributed by atoms with Crippen molar-refractivity contribution in [2.75, 3.05) is 24.6 Å². The molecule has 0 unspecified atom stereocenters. The van der Waals surface area contributed by atoms with Crippen molar-refractivity contribution in [2.45, 2.75) is 31.0 Å². The lowest BCUT2D eigenvalue weighted by atomic mass is 10.2. The van der Waals surface area contributed by atoms with Gasteiger partial charge in [0.2, 0.25) is 0 Å². The number of hydrogen-bond acceptors (Lipinski definition) is 10. The van der Waals surface area contributed by atoms with Crippen molar-refractivity contribution in [2.24, 2.45) is 17.2 Å². The van der Waals surface area contributed by atoms with Gasteiger partial charge in [-0.25, -0.2) is 0 Å². The second-order valence-corrected chi connectivity index (χ2v) is 5.57. The van der Waals surface area contributed by atoms with Crippen LogP contribution in [0.15, 0.2) is 0 Å². The molecule has 0 radical (unpaired) electrons. The van der Waals surface area contributed by atoms with Crippen molar-refractivity contribution in [3.05, 3.63) is 0 Å². The van der Waals surface area contributed by atoms with E-state index in [1.807, 2.05) is 0 Å². The normalized spacial score (nSPS) is 16.7. The Morgan fingerprint density at radius 3 is 1.41 bits per heavy atom. The van der Waals surface area contributed by atoms with Gasteiger partial charge in [0.05, 0.1) is 6.54 Å². The molecule has 1 rings (SSSR count). The lowest BCUT2D eigenvalue weighted by Crippen LogP contribution is -2.31. The molecule has 1 aliphatic heterocycles. The van der Waals surface area contributed by atoms with E-state index in [-0.39, 0.29) is 24.1 Å². The lowest BCUT2D eigenvalue weighted by molar-refractivity contribution is -0.139. The fraction of sp³-hybridized carbons (Fsp3) is 0.692. The summed E-state index contributed by atoms with van der Waals surface area (Å²) in [6.07, 6.45) is 1.78. The highest BCUT2D eigenvalue weighted by Crippen LogP contribution is 2.03. The van der Waals surface area contributed by atoms with Crippen molar-refractivity contribution in [3.63, 3.8) is 0 Å². The molecule has 0 bridgehead atoms. The van der Waals surface area contributed by atoms with Crippen molar-refractivity contribution < 1.29 is 39.6 Å². The highest BCUT2D eigenvalue weighted by Gasteiger charge is 2.20. The standard InChI is InChI=1S/C5H9NO2.2C3H7NO2S.C2H5NO2/c7-5(8)4-2-1-3-6-4;2*4-2(1-7)3(5)6;3-1-2(4)5/h4,6H,1-3H2,(H,7,8);2*2,7H,1,4H2,(H,5,6);1,3H2,(H,4,5)/t4-;2*2-;/m000./s1. The molecule has 0 spiro atoms. The Hall–Kier alpha value is -1.58. The van der Waals surface area contributed by atoms with Crippen molar-refractivity contribution in [3.8, 4) is 0 Å². The summed E-state index contributed by atoms with van der Waals surface area (Å²) in [7, 11) is 0. The third-order valence-electron chi connectivity index (χ3n) is 2.56. The predicted molar refractivity (Wildman–Crippen MR) is 104 cm³/mol. The molecule has 0 amide bonds. The average Bonchev–Trinajstić information content (AvgIpc) is 3.16. The number of carboxylic acid groups (broad SMARTS) is 4. The fourth-order valence-electron chi connectivity index (χ4n) is 1.05. The number of nitrogens with two attached hydrogens (primary N) is 3. The van der Waals surface area contributed by atoms with E-state index in [0.29, 0.717) is 0 Å². The van der Waals surface area contributed by atoms with E-state index >= 15 is 0 Å². The number of aliphatic carboxylic acids is 4. The first kappa shape index (κ1) is 30.2. The van der Waals surface area contributed by atoms with Crippen LogP contribution in [0.2, 0.25) is 0 Å². The molecular formula is C13H28N4O8S2. The highest BCUT2D eigenvalue weighted by molar-refractivity contribution is 7.80. The largest absolute Gasteiger partial charge is 0.480 e. The zero-order valence-electron chi connectivity index (χ0n) is 14.5. The highest BCUT2D eigenvalue weighted by atomic mass is 32.1. The minimum absolute atomic E-state index is 0.190. The molecule has 0 aromatic carbocycles. The molecule has 14 heteroatoms.